The minimum absolute atomic E-state index is 0.0748. The molecule has 2 heterocycles. The molecule has 25 heavy (non-hydrogen) atoms. The molecule has 0 unspecified atom stereocenters. The van der Waals surface area contributed by atoms with Crippen LogP contribution in [0.1, 0.15) is 50.2 Å². The van der Waals surface area contributed by atoms with E-state index in [-0.39, 0.29) is 17.7 Å². The maximum Gasteiger partial charge on any atom is 0.242 e. The van der Waals surface area contributed by atoms with E-state index < -0.39 is 0 Å². The fraction of sp³-hybridized carbons (Fsp3) is 0.600. The zero-order valence-corrected chi connectivity index (χ0v) is 15.3. The van der Waals surface area contributed by atoms with Crippen molar-refractivity contribution >= 4 is 17.5 Å². The molecule has 2 aliphatic rings. The molecule has 0 aromatic heterocycles. The van der Waals surface area contributed by atoms with E-state index >= 15 is 0 Å². The van der Waals surface area contributed by atoms with Gasteiger partial charge in [0.25, 0.3) is 0 Å². The molecule has 0 aliphatic carbocycles. The standard InChI is InChI=1S/C20H29N3O2/c1-14(2)16-5-6-18-17(12-16)4-3-9-23(18)13-19(24)22-10-7-15(8-11-22)20(21)25/h5-6,12,14-15H,3-4,7-11,13H2,1-2H3,(H2,21,25). The molecule has 0 atom stereocenters. The van der Waals surface area contributed by atoms with Gasteiger partial charge >= 0.3 is 0 Å². The number of carbonyl (C=O) groups excluding carboxylic acids is 2. The van der Waals surface area contributed by atoms with E-state index in [2.05, 4.69) is 36.9 Å². The fourth-order valence-corrected chi connectivity index (χ4v) is 3.90. The first-order valence-electron chi connectivity index (χ1n) is 9.40. The normalized spacial score (nSPS) is 18.4. The van der Waals surface area contributed by atoms with Crippen molar-refractivity contribution < 1.29 is 9.59 Å². The number of hydrogen-bond acceptors (Lipinski definition) is 3. The fourth-order valence-electron chi connectivity index (χ4n) is 3.90. The molecule has 1 saturated heterocycles. The summed E-state index contributed by atoms with van der Waals surface area (Å²) in [4.78, 5) is 28.1. The summed E-state index contributed by atoms with van der Waals surface area (Å²) in [7, 11) is 0. The molecule has 136 valence electrons. The van der Waals surface area contributed by atoms with E-state index in [4.69, 9.17) is 5.73 Å². The number of piperidine rings is 1. The van der Waals surface area contributed by atoms with Gasteiger partial charge in [-0.25, -0.2) is 0 Å². The third kappa shape index (κ3) is 3.97. The predicted molar refractivity (Wildman–Crippen MR) is 99.6 cm³/mol. The summed E-state index contributed by atoms with van der Waals surface area (Å²) >= 11 is 0. The molecular formula is C20H29N3O2. The Morgan fingerprint density at radius 1 is 1.20 bits per heavy atom. The van der Waals surface area contributed by atoms with Gasteiger partial charge in [-0.2, -0.15) is 0 Å². The average Bonchev–Trinajstić information content (AvgIpc) is 2.61. The van der Waals surface area contributed by atoms with Crippen molar-refractivity contribution in [2.24, 2.45) is 11.7 Å². The Balaban J connectivity index is 1.64. The lowest BCUT2D eigenvalue weighted by molar-refractivity contribution is -0.133. The summed E-state index contributed by atoms with van der Waals surface area (Å²) in [5.74, 6) is 0.366. The van der Waals surface area contributed by atoms with E-state index in [0.717, 1.165) is 19.4 Å². The van der Waals surface area contributed by atoms with Crippen molar-refractivity contribution in [1.29, 1.82) is 0 Å². The summed E-state index contributed by atoms with van der Waals surface area (Å²) in [6.07, 6.45) is 3.56. The van der Waals surface area contributed by atoms with Crippen molar-refractivity contribution in [3.8, 4) is 0 Å². The molecule has 2 amide bonds. The van der Waals surface area contributed by atoms with Crippen LogP contribution in [0.2, 0.25) is 0 Å². The van der Waals surface area contributed by atoms with Gasteiger partial charge in [0.15, 0.2) is 0 Å². The summed E-state index contributed by atoms with van der Waals surface area (Å²) in [6, 6.07) is 6.66. The highest BCUT2D eigenvalue weighted by Crippen LogP contribution is 2.30. The summed E-state index contributed by atoms with van der Waals surface area (Å²) in [5, 5.41) is 0. The first-order chi connectivity index (χ1) is 12.0. The van der Waals surface area contributed by atoms with Crippen LogP contribution < -0.4 is 10.6 Å². The molecule has 1 fully saturated rings. The molecule has 5 nitrogen and oxygen atoms in total. The Hall–Kier alpha value is -2.04. The van der Waals surface area contributed by atoms with E-state index in [0.29, 0.717) is 38.4 Å². The second-order valence-corrected chi connectivity index (χ2v) is 7.63. The lowest BCUT2D eigenvalue weighted by Crippen LogP contribution is -2.46. The summed E-state index contributed by atoms with van der Waals surface area (Å²) < 4.78 is 0. The van der Waals surface area contributed by atoms with Crippen LogP contribution in [-0.4, -0.2) is 42.9 Å². The number of amides is 2. The number of primary amides is 1. The molecule has 2 N–H and O–H groups in total. The van der Waals surface area contributed by atoms with Crippen LogP contribution in [0.5, 0.6) is 0 Å². The van der Waals surface area contributed by atoms with Gasteiger partial charge in [0.1, 0.15) is 0 Å². The molecule has 0 spiro atoms. The van der Waals surface area contributed by atoms with Gasteiger partial charge in [0.2, 0.25) is 11.8 Å². The molecular weight excluding hydrogens is 314 g/mol. The smallest absolute Gasteiger partial charge is 0.242 e. The average molecular weight is 343 g/mol. The second-order valence-electron chi connectivity index (χ2n) is 7.63. The minimum atomic E-state index is -0.238. The Morgan fingerprint density at radius 3 is 2.56 bits per heavy atom. The Morgan fingerprint density at radius 2 is 1.92 bits per heavy atom. The maximum atomic E-state index is 12.7. The third-order valence-corrected chi connectivity index (χ3v) is 5.56. The van der Waals surface area contributed by atoms with Crippen molar-refractivity contribution in [2.75, 3.05) is 31.1 Å². The Kier molecular flexibility index (Phi) is 5.30. The monoisotopic (exact) mass is 343 g/mol. The zero-order chi connectivity index (χ0) is 18.0. The number of hydrogen-bond donors (Lipinski definition) is 1. The Labute approximate surface area is 150 Å². The van der Waals surface area contributed by atoms with Crippen LogP contribution in [0.4, 0.5) is 5.69 Å². The lowest BCUT2D eigenvalue weighted by Gasteiger charge is -2.35. The van der Waals surface area contributed by atoms with Crippen molar-refractivity contribution in [3.05, 3.63) is 29.3 Å². The van der Waals surface area contributed by atoms with Crippen LogP contribution in [0.3, 0.4) is 0 Å². The zero-order valence-electron chi connectivity index (χ0n) is 15.3. The number of anilines is 1. The van der Waals surface area contributed by atoms with Crippen LogP contribution in [0, 0.1) is 5.92 Å². The molecule has 1 aromatic carbocycles. The molecule has 0 bridgehead atoms. The lowest BCUT2D eigenvalue weighted by atomic mass is 9.94. The highest BCUT2D eigenvalue weighted by atomic mass is 16.2. The number of benzene rings is 1. The SMILES string of the molecule is CC(C)c1ccc2c(c1)CCCN2CC(=O)N1CCC(C(N)=O)CC1. The van der Waals surface area contributed by atoms with Crippen LogP contribution >= 0.6 is 0 Å². The third-order valence-electron chi connectivity index (χ3n) is 5.56. The maximum absolute atomic E-state index is 12.7. The van der Waals surface area contributed by atoms with E-state index in [9.17, 15) is 9.59 Å². The predicted octanol–water partition coefficient (Wildman–Crippen LogP) is 2.29. The van der Waals surface area contributed by atoms with Gasteiger partial charge in [-0.15, -0.1) is 0 Å². The van der Waals surface area contributed by atoms with E-state index in [1.165, 1.54) is 16.8 Å². The van der Waals surface area contributed by atoms with Crippen LogP contribution in [0.25, 0.3) is 0 Å². The Bertz CT molecular complexity index is 648. The van der Waals surface area contributed by atoms with Crippen molar-refractivity contribution in [2.45, 2.75) is 45.4 Å². The van der Waals surface area contributed by atoms with Crippen molar-refractivity contribution in [3.63, 3.8) is 0 Å². The summed E-state index contributed by atoms with van der Waals surface area (Å²) in [5.41, 5.74) is 9.30. The quantitative estimate of drug-likeness (QED) is 0.912. The molecule has 5 heteroatoms. The van der Waals surface area contributed by atoms with Gasteiger partial charge in [-0.3, -0.25) is 9.59 Å². The van der Waals surface area contributed by atoms with Gasteiger partial charge in [0, 0.05) is 31.2 Å². The molecule has 0 radical (unpaired) electrons. The number of fused-ring (bicyclic) bond motifs is 1. The molecule has 0 saturated carbocycles. The van der Waals surface area contributed by atoms with Crippen LogP contribution in [0.15, 0.2) is 18.2 Å². The van der Waals surface area contributed by atoms with Gasteiger partial charge in [0.05, 0.1) is 6.54 Å². The van der Waals surface area contributed by atoms with Gasteiger partial charge in [-0.1, -0.05) is 26.0 Å². The first-order valence-corrected chi connectivity index (χ1v) is 9.40. The van der Waals surface area contributed by atoms with Crippen LogP contribution in [-0.2, 0) is 16.0 Å². The number of nitrogens with zero attached hydrogens (tertiary/aromatic N) is 2. The highest BCUT2D eigenvalue weighted by molar-refractivity contribution is 5.83. The molecule has 2 aliphatic heterocycles. The topological polar surface area (TPSA) is 66.6 Å². The number of nitrogens with two attached hydrogens (primary N) is 1. The number of aryl methyl sites for hydroxylation is 1. The molecule has 1 aromatic rings. The van der Waals surface area contributed by atoms with E-state index in [1.807, 2.05) is 4.90 Å². The van der Waals surface area contributed by atoms with Crippen molar-refractivity contribution in [1.82, 2.24) is 4.90 Å². The number of carbonyl (C=O) groups is 2. The largest absolute Gasteiger partial charge is 0.369 e. The van der Waals surface area contributed by atoms with E-state index in [1.54, 1.807) is 0 Å². The summed E-state index contributed by atoms with van der Waals surface area (Å²) in [6.45, 7) is 7.05. The first kappa shape index (κ1) is 17.8. The number of likely N-dealkylation sites (tertiary alicyclic amines) is 1. The highest BCUT2D eigenvalue weighted by Gasteiger charge is 2.27. The van der Waals surface area contributed by atoms with Gasteiger partial charge in [-0.05, 0) is 48.8 Å². The number of rotatable bonds is 4. The second kappa shape index (κ2) is 7.46. The molecule has 3 rings (SSSR count). The minimum Gasteiger partial charge on any atom is -0.369 e. The van der Waals surface area contributed by atoms with Gasteiger partial charge < -0.3 is 15.5 Å².